The van der Waals surface area contributed by atoms with Crippen molar-refractivity contribution in [2.24, 2.45) is 0 Å². The van der Waals surface area contributed by atoms with E-state index >= 15 is 0 Å². The van der Waals surface area contributed by atoms with Crippen molar-refractivity contribution in [3.05, 3.63) is 39.9 Å². The van der Waals surface area contributed by atoms with E-state index < -0.39 is 17.9 Å². The van der Waals surface area contributed by atoms with Crippen LogP contribution in [0.3, 0.4) is 0 Å². The lowest BCUT2D eigenvalue weighted by atomic mass is 10.2. The zero-order valence-electron chi connectivity index (χ0n) is 13.2. The van der Waals surface area contributed by atoms with Gasteiger partial charge in [0, 0.05) is 30.7 Å². The third-order valence-corrected chi connectivity index (χ3v) is 4.77. The number of carbonyl (C=O) groups is 2. The Kier molecular flexibility index (Phi) is 6.30. The molecule has 1 aromatic carbocycles. The van der Waals surface area contributed by atoms with Gasteiger partial charge in [0.15, 0.2) is 0 Å². The molecule has 0 fully saturated rings. The molecule has 0 spiro atoms. The highest BCUT2D eigenvalue weighted by Gasteiger charge is 2.23. The van der Waals surface area contributed by atoms with Crippen molar-refractivity contribution in [2.75, 3.05) is 13.7 Å². The van der Waals surface area contributed by atoms with Crippen molar-refractivity contribution in [3.63, 3.8) is 0 Å². The highest BCUT2D eigenvalue weighted by atomic mass is 35.5. The molecule has 24 heavy (non-hydrogen) atoms. The van der Waals surface area contributed by atoms with Crippen molar-refractivity contribution in [1.82, 2.24) is 10.3 Å². The summed E-state index contributed by atoms with van der Waals surface area (Å²) in [5.41, 5.74) is 1.40. The molecule has 0 saturated carbocycles. The number of amides is 1. The molecule has 0 aliphatic carbocycles. The van der Waals surface area contributed by atoms with Crippen LogP contribution in [-0.2, 0) is 9.53 Å². The number of ether oxygens (including phenoxy) is 1. The maximum Gasteiger partial charge on any atom is 0.326 e. The molecule has 0 saturated heterocycles. The second-order valence-electron chi connectivity index (χ2n) is 5.09. The third-order valence-electron chi connectivity index (χ3n) is 3.31. The van der Waals surface area contributed by atoms with Crippen LogP contribution in [0.1, 0.15) is 21.8 Å². The van der Waals surface area contributed by atoms with Gasteiger partial charge < -0.3 is 15.2 Å². The average Bonchev–Trinajstić information content (AvgIpc) is 2.93. The maximum atomic E-state index is 12.4. The van der Waals surface area contributed by atoms with Gasteiger partial charge in [0.05, 0.1) is 5.69 Å². The van der Waals surface area contributed by atoms with Gasteiger partial charge in [0.25, 0.3) is 5.91 Å². The predicted octanol–water partition coefficient (Wildman–Crippen LogP) is 2.99. The number of hydrogen-bond acceptors (Lipinski definition) is 5. The van der Waals surface area contributed by atoms with Gasteiger partial charge in [-0.25, -0.2) is 9.78 Å². The van der Waals surface area contributed by atoms with E-state index in [9.17, 15) is 14.7 Å². The van der Waals surface area contributed by atoms with Crippen molar-refractivity contribution in [3.8, 4) is 10.6 Å². The predicted molar refractivity (Wildman–Crippen MR) is 92.7 cm³/mol. The fourth-order valence-electron chi connectivity index (χ4n) is 2.04. The number of carboxylic acid groups (broad SMARTS) is 1. The first-order valence-corrected chi connectivity index (χ1v) is 8.37. The number of benzene rings is 1. The number of aliphatic carboxylic acids is 1. The van der Waals surface area contributed by atoms with Crippen LogP contribution in [0.5, 0.6) is 0 Å². The second-order valence-corrected chi connectivity index (χ2v) is 6.52. The number of aromatic nitrogens is 1. The van der Waals surface area contributed by atoms with Gasteiger partial charge in [0.2, 0.25) is 0 Å². The fraction of sp³-hybridized carbons (Fsp3) is 0.312. The summed E-state index contributed by atoms with van der Waals surface area (Å²) >= 11 is 7.08. The first kappa shape index (κ1) is 18.4. The first-order valence-electron chi connectivity index (χ1n) is 7.18. The number of carbonyl (C=O) groups excluding carboxylic acids is 1. The van der Waals surface area contributed by atoms with Crippen LogP contribution < -0.4 is 5.32 Å². The molecule has 1 atom stereocenters. The molecule has 2 rings (SSSR count). The zero-order chi connectivity index (χ0) is 17.7. The van der Waals surface area contributed by atoms with Crippen molar-refractivity contribution in [1.29, 1.82) is 0 Å². The Morgan fingerprint density at radius 2 is 2.04 bits per heavy atom. The van der Waals surface area contributed by atoms with Crippen molar-refractivity contribution >= 4 is 34.8 Å². The van der Waals surface area contributed by atoms with Crippen molar-refractivity contribution in [2.45, 2.75) is 19.4 Å². The molecule has 2 aromatic rings. The molecule has 8 heteroatoms. The number of nitrogens with zero attached hydrogens (tertiary/aromatic N) is 1. The van der Waals surface area contributed by atoms with Gasteiger partial charge in [0.1, 0.15) is 15.9 Å². The highest BCUT2D eigenvalue weighted by molar-refractivity contribution is 7.17. The van der Waals surface area contributed by atoms with Gasteiger partial charge in [-0.05, 0) is 19.1 Å². The summed E-state index contributed by atoms with van der Waals surface area (Å²) in [7, 11) is 1.48. The molecular formula is C16H17ClN2O4S. The molecule has 1 unspecified atom stereocenters. The number of aryl methyl sites for hydroxylation is 1. The van der Waals surface area contributed by atoms with Crippen LogP contribution in [0.4, 0.5) is 0 Å². The first-order chi connectivity index (χ1) is 11.4. The summed E-state index contributed by atoms with van der Waals surface area (Å²) in [5, 5.41) is 13.0. The number of rotatable bonds is 7. The standard InChI is InChI=1S/C16H17ClN2O4S/c1-9-13(14(20)19-12(16(21)22)7-8-23-2)24-15(18-9)10-3-5-11(17)6-4-10/h3-6,12H,7-8H2,1-2H3,(H,19,20)(H,21,22). The third kappa shape index (κ3) is 4.53. The van der Waals surface area contributed by atoms with Crippen LogP contribution in [0.25, 0.3) is 10.6 Å². The molecule has 6 nitrogen and oxygen atoms in total. The summed E-state index contributed by atoms with van der Waals surface area (Å²) in [6.45, 7) is 1.96. The number of methoxy groups -OCH3 is 1. The van der Waals surface area contributed by atoms with E-state index in [1.807, 2.05) is 12.1 Å². The average molecular weight is 369 g/mol. The van der Waals surface area contributed by atoms with E-state index in [1.54, 1.807) is 19.1 Å². The number of nitrogens with one attached hydrogen (secondary N) is 1. The largest absolute Gasteiger partial charge is 0.480 e. The number of hydrogen-bond donors (Lipinski definition) is 2. The second kappa shape index (κ2) is 8.23. The number of halogens is 1. The molecule has 0 aliphatic heterocycles. The van der Waals surface area contributed by atoms with Gasteiger partial charge in [-0.2, -0.15) is 0 Å². The van der Waals surface area contributed by atoms with Crippen LogP contribution in [0.15, 0.2) is 24.3 Å². The quantitative estimate of drug-likeness (QED) is 0.784. The van der Waals surface area contributed by atoms with Crippen LogP contribution >= 0.6 is 22.9 Å². The summed E-state index contributed by atoms with van der Waals surface area (Å²) in [6.07, 6.45) is 0.194. The van der Waals surface area contributed by atoms with Crippen LogP contribution in [0, 0.1) is 6.92 Å². The Hall–Kier alpha value is -1.96. The lowest BCUT2D eigenvalue weighted by Crippen LogP contribution is -2.41. The molecule has 2 N–H and O–H groups in total. The zero-order valence-corrected chi connectivity index (χ0v) is 14.8. The minimum absolute atomic E-state index is 0.194. The van der Waals surface area contributed by atoms with E-state index in [4.69, 9.17) is 16.3 Å². The minimum Gasteiger partial charge on any atom is -0.480 e. The fourth-order valence-corrected chi connectivity index (χ4v) is 3.14. The summed E-state index contributed by atoms with van der Waals surface area (Å²) in [6, 6.07) is 6.14. The number of carboxylic acids is 1. The summed E-state index contributed by atoms with van der Waals surface area (Å²) in [4.78, 5) is 28.4. The Bertz CT molecular complexity index is 730. The smallest absolute Gasteiger partial charge is 0.326 e. The van der Waals surface area contributed by atoms with Crippen molar-refractivity contribution < 1.29 is 19.4 Å². The molecule has 0 bridgehead atoms. The van der Waals surface area contributed by atoms with Crippen LogP contribution in [-0.4, -0.2) is 41.7 Å². The van der Waals surface area contributed by atoms with Crippen LogP contribution in [0.2, 0.25) is 5.02 Å². The highest BCUT2D eigenvalue weighted by Crippen LogP contribution is 2.28. The Morgan fingerprint density at radius 1 is 1.38 bits per heavy atom. The normalized spacial score (nSPS) is 12.0. The maximum absolute atomic E-state index is 12.4. The lowest BCUT2D eigenvalue weighted by Gasteiger charge is -2.13. The minimum atomic E-state index is -1.10. The van der Waals surface area contributed by atoms with Gasteiger partial charge in [-0.15, -0.1) is 11.3 Å². The van der Waals surface area contributed by atoms with Gasteiger partial charge in [-0.1, -0.05) is 23.7 Å². The van der Waals surface area contributed by atoms with Gasteiger partial charge >= 0.3 is 5.97 Å². The van der Waals surface area contributed by atoms with E-state index in [0.29, 0.717) is 20.6 Å². The Labute approximate surface area is 148 Å². The number of thiazole rings is 1. The lowest BCUT2D eigenvalue weighted by molar-refractivity contribution is -0.139. The molecule has 1 amide bonds. The molecular weight excluding hydrogens is 352 g/mol. The summed E-state index contributed by atoms with van der Waals surface area (Å²) in [5.74, 6) is -1.55. The molecule has 1 aromatic heterocycles. The molecule has 0 aliphatic rings. The SMILES string of the molecule is COCCC(NC(=O)c1sc(-c2ccc(Cl)cc2)nc1C)C(=O)O. The summed E-state index contributed by atoms with van der Waals surface area (Å²) < 4.78 is 4.87. The van der Waals surface area contributed by atoms with E-state index in [2.05, 4.69) is 10.3 Å². The van der Waals surface area contributed by atoms with Gasteiger partial charge in [-0.3, -0.25) is 4.79 Å². The molecule has 0 radical (unpaired) electrons. The molecule has 128 valence electrons. The topological polar surface area (TPSA) is 88.5 Å². The Balaban J connectivity index is 2.17. The monoisotopic (exact) mass is 368 g/mol. The molecule has 1 heterocycles. The Morgan fingerprint density at radius 3 is 2.62 bits per heavy atom. The van der Waals surface area contributed by atoms with E-state index in [0.717, 1.165) is 5.56 Å². The van der Waals surface area contributed by atoms with E-state index in [1.165, 1.54) is 18.4 Å². The van der Waals surface area contributed by atoms with E-state index in [-0.39, 0.29) is 13.0 Å².